The molecule has 0 atom stereocenters. The Morgan fingerprint density at radius 1 is 1.20 bits per heavy atom. The predicted octanol–water partition coefficient (Wildman–Crippen LogP) is 1.99. The minimum absolute atomic E-state index is 0.00753. The van der Waals surface area contributed by atoms with E-state index < -0.39 is 11.8 Å². The van der Waals surface area contributed by atoms with Crippen LogP contribution in [0.5, 0.6) is 0 Å². The Morgan fingerprint density at radius 2 is 1.84 bits per heavy atom. The van der Waals surface area contributed by atoms with Crippen LogP contribution in [0, 0.1) is 11.3 Å². The zero-order valence-electron chi connectivity index (χ0n) is 14.9. The molecule has 0 N–H and O–H groups in total. The van der Waals surface area contributed by atoms with E-state index in [4.69, 9.17) is 4.74 Å². The van der Waals surface area contributed by atoms with Gasteiger partial charge in [-0.2, -0.15) is 5.26 Å². The molecule has 1 heterocycles. The number of nitrogens with zero attached hydrogens (tertiary/aromatic N) is 3. The molecule has 0 aliphatic carbocycles. The molecule has 0 spiro atoms. The lowest BCUT2D eigenvalue weighted by molar-refractivity contribution is -0.141. The smallest absolute Gasteiger partial charge is 0.271 e. The van der Waals surface area contributed by atoms with Gasteiger partial charge in [-0.25, -0.2) is 0 Å². The maximum atomic E-state index is 12.7. The standard InChI is InChI=1S/C19H21N3O3/c1-13-16(11-14-5-7-15(8-6-14)21(2)3)18(23)22(9-10-25-4)19(24)17(13)12-20/h5-8,11H,9-10H2,1-4H3/b16-11-. The van der Waals surface area contributed by atoms with Crippen LogP contribution in [0.1, 0.15) is 12.5 Å². The minimum Gasteiger partial charge on any atom is -0.383 e. The van der Waals surface area contributed by atoms with Crippen molar-refractivity contribution in [2.24, 2.45) is 0 Å². The molecule has 0 bridgehead atoms. The molecule has 1 aliphatic rings. The first-order chi connectivity index (χ1) is 11.9. The van der Waals surface area contributed by atoms with Crippen LogP contribution in [0.4, 0.5) is 5.69 Å². The number of methoxy groups -OCH3 is 1. The van der Waals surface area contributed by atoms with E-state index in [0.717, 1.165) is 16.2 Å². The molecule has 6 heteroatoms. The summed E-state index contributed by atoms with van der Waals surface area (Å²) in [6.07, 6.45) is 1.71. The first kappa shape index (κ1) is 18.4. The summed E-state index contributed by atoms with van der Waals surface area (Å²) >= 11 is 0. The fraction of sp³-hybridized carbons (Fsp3) is 0.316. The van der Waals surface area contributed by atoms with Gasteiger partial charge in [0, 0.05) is 32.5 Å². The lowest BCUT2D eigenvalue weighted by atomic mass is 9.93. The number of carbonyl (C=O) groups is 2. The number of anilines is 1. The van der Waals surface area contributed by atoms with Gasteiger partial charge in [-0.15, -0.1) is 0 Å². The summed E-state index contributed by atoms with van der Waals surface area (Å²) in [6.45, 7) is 1.96. The fourth-order valence-corrected chi connectivity index (χ4v) is 2.55. The second-order valence-corrected chi connectivity index (χ2v) is 5.91. The number of benzene rings is 1. The summed E-state index contributed by atoms with van der Waals surface area (Å²) in [5, 5.41) is 9.31. The number of rotatable bonds is 5. The van der Waals surface area contributed by atoms with Crippen LogP contribution in [0.25, 0.3) is 6.08 Å². The van der Waals surface area contributed by atoms with Gasteiger partial charge in [0.1, 0.15) is 11.6 Å². The van der Waals surface area contributed by atoms with Gasteiger partial charge in [-0.1, -0.05) is 12.1 Å². The van der Waals surface area contributed by atoms with Crippen LogP contribution in [0.15, 0.2) is 41.0 Å². The quantitative estimate of drug-likeness (QED) is 0.606. The number of carbonyl (C=O) groups excluding carboxylic acids is 2. The number of hydrogen-bond acceptors (Lipinski definition) is 5. The van der Waals surface area contributed by atoms with Crippen molar-refractivity contribution in [3.8, 4) is 6.07 Å². The third kappa shape index (κ3) is 3.78. The fourth-order valence-electron chi connectivity index (χ4n) is 2.55. The molecule has 1 aromatic carbocycles. The summed E-state index contributed by atoms with van der Waals surface area (Å²) in [5.74, 6) is -0.975. The second kappa shape index (κ2) is 7.77. The second-order valence-electron chi connectivity index (χ2n) is 5.91. The molecule has 130 valence electrons. The van der Waals surface area contributed by atoms with Crippen LogP contribution in [0.3, 0.4) is 0 Å². The normalized spacial score (nSPS) is 16.4. The van der Waals surface area contributed by atoms with Crippen LogP contribution in [0.2, 0.25) is 0 Å². The predicted molar refractivity (Wildman–Crippen MR) is 95.7 cm³/mol. The molecule has 25 heavy (non-hydrogen) atoms. The van der Waals surface area contributed by atoms with Gasteiger partial charge in [0.05, 0.1) is 13.2 Å². The van der Waals surface area contributed by atoms with E-state index >= 15 is 0 Å². The molecular formula is C19H21N3O3. The molecule has 0 radical (unpaired) electrons. The van der Waals surface area contributed by atoms with E-state index in [-0.39, 0.29) is 18.7 Å². The average Bonchev–Trinajstić information content (AvgIpc) is 2.59. The Balaban J connectivity index is 2.46. The molecule has 0 unspecified atom stereocenters. The SMILES string of the molecule is COCCN1C(=O)C(C#N)=C(C)/C(=C/c2ccc(N(C)C)cc2)C1=O. The molecule has 2 amide bonds. The number of hydrogen-bond donors (Lipinski definition) is 0. The molecule has 6 nitrogen and oxygen atoms in total. The summed E-state index contributed by atoms with van der Waals surface area (Å²) < 4.78 is 4.96. The highest BCUT2D eigenvalue weighted by Crippen LogP contribution is 2.27. The van der Waals surface area contributed by atoms with Crippen LogP contribution in [-0.4, -0.2) is 51.1 Å². The van der Waals surface area contributed by atoms with E-state index in [0.29, 0.717) is 11.1 Å². The van der Waals surface area contributed by atoms with Crippen molar-refractivity contribution < 1.29 is 14.3 Å². The van der Waals surface area contributed by atoms with E-state index in [1.54, 1.807) is 13.0 Å². The Bertz CT molecular complexity index is 783. The highest BCUT2D eigenvalue weighted by Gasteiger charge is 2.35. The van der Waals surface area contributed by atoms with Crippen molar-refractivity contribution in [1.82, 2.24) is 4.90 Å². The number of amides is 2. The van der Waals surface area contributed by atoms with Gasteiger partial charge in [0.25, 0.3) is 11.8 Å². The van der Waals surface area contributed by atoms with Crippen LogP contribution < -0.4 is 4.90 Å². The molecule has 0 saturated carbocycles. The van der Waals surface area contributed by atoms with Crippen molar-refractivity contribution in [2.75, 3.05) is 39.3 Å². The Morgan fingerprint density at radius 3 is 2.36 bits per heavy atom. The maximum absolute atomic E-state index is 12.7. The Labute approximate surface area is 147 Å². The molecule has 0 aromatic heterocycles. The molecule has 1 aliphatic heterocycles. The van der Waals surface area contributed by atoms with Crippen LogP contribution >= 0.6 is 0 Å². The monoisotopic (exact) mass is 339 g/mol. The molecule has 0 fully saturated rings. The minimum atomic E-state index is -0.567. The van der Waals surface area contributed by atoms with Gasteiger partial charge in [-0.3, -0.25) is 14.5 Å². The number of nitriles is 1. The molecule has 0 saturated heterocycles. The highest BCUT2D eigenvalue weighted by molar-refractivity contribution is 6.19. The van der Waals surface area contributed by atoms with E-state index in [1.165, 1.54) is 7.11 Å². The maximum Gasteiger partial charge on any atom is 0.271 e. The third-order valence-corrected chi connectivity index (χ3v) is 4.06. The Hall–Kier alpha value is -2.91. The van der Waals surface area contributed by atoms with Gasteiger partial charge < -0.3 is 9.64 Å². The third-order valence-electron chi connectivity index (χ3n) is 4.06. The summed E-state index contributed by atoms with van der Waals surface area (Å²) in [5.41, 5.74) is 2.62. The molecule has 2 rings (SSSR count). The van der Waals surface area contributed by atoms with E-state index in [9.17, 15) is 14.9 Å². The van der Waals surface area contributed by atoms with Crippen molar-refractivity contribution in [3.63, 3.8) is 0 Å². The van der Waals surface area contributed by atoms with E-state index in [1.807, 2.05) is 49.3 Å². The first-order valence-corrected chi connectivity index (χ1v) is 7.86. The van der Waals surface area contributed by atoms with Gasteiger partial charge in [0.2, 0.25) is 0 Å². The number of ether oxygens (including phenoxy) is 1. The summed E-state index contributed by atoms with van der Waals surface area (Å²) in [7, 11) is 5.39. The zero-order valence-corrected chi connectivity index (χ0v) is 14.9. The highest BCUT2D eigenvalue weighted by atomic mass is 16.5. The number of imide groups is 1. The summed E-state index contributed by atoms with van der Waals surface area (Å²) in [6, 6.07) is 9.59. The van der Waals surface area contributed by atoms with Gasteiger partial charge in [0.15, 0.2) is 0 Å². The topological polar surface area (TPSA) is 73.6 Å². The first-order valence-electron chi connectivity index (χ1n) is 7.86. The average molecular weight is 339 g/mol. The summed E-state index contributed by atoms with van der Waals surface area (Å²) in [4.78, 5) is 28.1. The Kier molecular flexibility index (Phi) is 5.73. The lowest BCUT2D eigenvalue weighted by Gasteiger charge is -2.27. The van der Waals surface area contributed by atoms with Crippen molar-refractivity contribution >= 4 is 23.6 Å². The van der Waals surface area contributed by atoms with Gasteiger partial charge in [-0.05, 0) is 36.3 Å². The van der Waals surface area contributed by atoms with Gasteiger partial charge >= 0.3 is 0 Å². The van der Waals surface area contributed by atoms with Crippen molar-refractivity contribution in [2.45, 2.75) is 6.92 Å². The van der Waals surface area contributed by atoms with Crippen molar-refractivity contribution in [1.29, 1.82) is 5.26 Å². The largest absolute Gasteiger partial charge is 0.383 e. The molecule has 1 aromatic rings. The lowest BCUT2D eigenvalue weighted by Crippen LogP contribution is -2.44. The van der Waals surface area contributed by atoms with E-state index in [2.05, 4.69) is 0 Å². The van der Waals surface area contributed by atoms with Crippen molar-refractivity contribution in [3.05, 3.63) is 46.5 Å². The molecular weight excluding hydrogens is 318 g/mol. The zero-order chi connectivity index (χ0) is 18.6. The van der Waals surface area contributed by atoms with Crippen LogP contribution in [-0.2, 0) is 14.3 Å².